The van der Waals surface area contributed by atoms with Gasteiger partial charge in [0.15, 0.2) is 5.65 Å². The van der Waals surface area contributed by atoms with E-state index in [1.807, 2.05) is 30.3 Å². The summed E-state index contributed by atoms with van der Waals surface area (Å²) >= 11 is 5.27. The van der Waals surface area contributed by atoms with Crippen LogP contribution in [0, 0.1) is 0 Å². The van der Waals surface area contributed by atoms with Crippen molar-refractivity contribution in [3.05, 3.63) is 69.2 Å². The SMILES string of the molecule is O=c1n(CCSCc2cccc(Br)c2)nc2ccccn12. The molecular formula is C15H14BrN3OS. The lowest BCUT2D eigenvalue weighted by Crippen LogP contribution is -2.22. The average molecular weight is 364 g/mol. The smallest absolute Gasteiger partial charge is 0.250 e. The van der Waals surface area contributed by atoms with E-state index in [0.29, 0.717) is 12.2 Å². The number of pyridine rings is 1. The van der Waals surface area contributed by atoms with Crippen LogP contribution in [0.1, 0.15) is 5.56 Å². The van der Waals surface area contributed by atoms with E-state index in [9.17, 15) is 4.79 Å². The van der Waals surface area contributed by atoms with Gasteiger partial charge in [-0.2, -0.15) is 11.8 Å². The largest absolute Gasteiger partial charge is 0.350 e. The van der Waals surface area contributed by atoms with Crippen LogP contribution in [0.3, 0.4) is 0 Å². The molecule has 3 aromatic rings. The van der Waals surface area contributed by atoms with Gasteiger partial charge in [-0.05, 0) is 29.8 Å². The molecule has 0 aliphatic rings. The molecule has 2 aromatic heterocycles. The molecule has 0 aliphatic heterocycles. The Kier molecular flexibility index (Phi) is 4.45. The third-order valence-electron chi connectivity index (χ3n) is 3.09. The molecule has 0 radical (unpaired) electrons. The van der Waals surface area contributed by atoms with E-state index in [-0.39, 0.29) is 5.69 Å². The van der Waals surface area contributed by atoms with Crippen molar-refractivity contribution in [1.82, 2.24) is 14.2 Å². The van der Waals surface area contributed by atoms with Crippen molar-refractivity contribution < 1.29 is 0 Å². The molecular weight excluding hydrogens is 350 g/mol. The van der Waals surface area contributed by atoms with E-state index in [4.69, 9.17) is 0 Å². The monoisotopic (exact) mass is 363 g/mol. The van der Waals surface area contributed by atoms with Gasteiger partial charge in [-0.3, -0.25) is 4.40 Å². The van der Waals surface area contributed by atoms with Gasteiger partial charge in [-0.25, -0.2) is 9.48 Å². The highest BCUT2D eigenvalue weighted by molar-refractivity contribution is 9.10. The molecule has 0 aliphatic carbocycles. The van der Waals surface area contributed by atoms with E-state index in [1.165, 1.54) is 10.2 Å². The Morgan fingerprint density at radius 2 is 2.10 bits per heavy atom. The fourth-order valence-electron chi connectivity index (χ4n) is 2.08. The van der Waals surface area contributed by atoms with Crippen LogP contribution < -0.4 is 5.69 Å². The summed E-state index contributed by atoms with van der Waals surface area (Å²) < 4.78 is 4.19. The van der Waals surface area contributed by atoms with Gasteiger partial charge in [0.1, 0.15) is 0 Å². The molecule has 4 nitrogen and oxygen atoms in total. The standard InChI is InChI=1S/C15H14BrN3OS/c16-13-5-3-4-12(10-13)11-21-9-8-19-15(20)18-7-2-1-6-14(18)17-19/h1-7,10H,8-9,11H2. The lowest BCUT2D eigenvalue weighted by atomic mass is 10.2. The fraction of sp³-hybridized carbons (Fsp3) is 0.200. The van der Waals surface area contributed by atoms with Crippen LogP contribution in [0.4, 0.5) is 0 Å². The van der Waals surface area contributed by atoms with Crippen LogP contribution in [0.5, 0.6) is 0 Å². The van der Waals surface area contributed by atoms with Gasteiger partial charge in [0.05, 0.1) is 6.54 Å². The number of aromatic nitrogens is 3. The molecule has 0 bridgehead atoms. The Hall–Kier alpha value is -1.53. The van der Waals surface area contributed by atoms with Gasteiger partial charge >= 0.3 is 5.69 Å². The molecule has 0 amide bonds. The van der Waals surface area contributed by atoms with Gasteiger partial charge < -0.3 is 0 Å². The van der Waals surface area contributed by atoms with Crippen LogP contribution in [0.25, 0.3) is 5.65 Å². The Morgan fingerprint density at radius 3 is 2.90 bits per heavy atom. The summed E-state index contributed by atoms with van der Waals surface area (Å²) in [5, 5.41) is 4.32. The second kappa shape index (κ2) is 6.49. The summed E-state index contributed by atoms with van der Waals surface area (Å²) in [5.74, 6) is 1.79. The van der Waals surface area contributed by atoms with Gasteiger partial charge in [-0.1, -0.05) is 34.1 Å². The summed E-state index contributed by atoms with van der Waals surface area (Å²) in [6.07, 6.45) is 1.75. The van der Waals surface area contributed by atoms with Crippen LogP contribution in [-0.2, 0) is 12.3 Å². The Balaban J connectivity index is 1.60. The minimum Gasteiger partial charge on any atom is -0.250 e. The number of aryl methyl sites for hydroxylation is 1. The number of hydrogen-bond acceptors (Lipinski definition) is 3. The summed E-state index contributed by atoms with van der Waals surface area (Å²) in [7, 11) is 0. The van der Waals surface area contributed by atoms with Crippen molar-refractivity contribution in [2.45, 2.75) is 12.3 Å². The van der Waals surface area contributed by atoms with Gasteiger partial charge in [0, 0.05) is 22.2 Å². The first-order chi connectivity index (χ1) is 10.2. The first-order valence-electron chi connectivity index (χ1n) is 6.60. The van der Waals surface area contributed by atoms with Crippen molar-refractivity contribution in [3.8, 4) is 0 Å². The first kappa shape index (κ1) is 14.4. The van der Waals surface area contributed by atoms with Crippen LogP contribution in [0.15, 0.2) is 57.9 Å². The molecule has 0 fully saturated rings. The predicted octanol–water partition coefficient (Wildman–Crippen LogP) is 3.19. The molecule has 6 heteroatoms. The maximum atomic E-state index is 12.1. The summed E-state index contributed by atoms with van der Waals surface area (Å²) in [4.78, 5) is 12.1. The number of rotatable bonds is 5. The van der Waals surface area contributed by atoms with Crippen LogP contribution >= 0.6 is 27.7 Å². The fourth-order valence-corrected chi connectivity index (χ4v) is 3.39. The van der Waals surface area contributed by atoms with Gasteiger partial charge in [-0.15, -0.1) is 5.10 Å². The van der Waals surface area contributed by atoms with E-state index in [2.05, 4.69) is 33.2 Å². The number of fused-ring (bicyclic) bond motifs is 1. The first-order valence-corrected chi connectivity index (χ1v) is 8.55. The predicted molar refractivity (Wildman–Crippen MR) is 89.8 cm³/mol. The number of halogens is 1. The normalized spacial score (nSPS) is 11.1. The number of hydrogen-bond donors (Lipinski definition) is 0. The van der Waals surface area contributed by atoms with E-state index in [1.54, 1.807) is 22.4 Å². The Morgan fingerprint density at radius 1 is 1.19 bits per heavy atom. The van der Waals surface area contributed by atoms with Crippen LogP contribution in [-0.4, -0.2) is 19.9 Å². The molecule has 0 N–H and O–H groups in total. The third-order valence-corrected chi connectivity index (χ3v) is 4.60. The summed E-state index contributed by atoms with van der Waals surface area (Å²) in [6.45, 7) is 0.624. The Bertz CT molecular complexity index is 812. The molecule has 0 spiro atoms. The molecule has 1 aromatic carbocycles. The molecule has 3 rings (SSSR count). The quantitative estimate of drug-likeness (QED) is 0.653. The highest BCUT2D eigenvalue weighted by atomic mass is 79.9. The van der Waals surface area contributed by atoms with E-state index >= 15 is 0 Å². The minimum absolute atomic E-state index is 0.0753. The number of thioether (sulfide) groups is 1. The molecule has 0 saturated heterocycles. The molecule has 0 atom stereocenters. The van der Waals surface area contributed by atoms with Crippen molar-refractivity contribution in [2.24, 2.45) is 0 Å². The molecule has 2 heterocycles. The molecule has 21 heavy (non-hydrogen) atoms. The maximum absolute atomic E-state index is 12.1. The third kappa shape index (κ3) is 3.39. The van der Waals surface area contributed by atoms with Gasteiger partial charge in [0.2, 0.25) is 0 Å². The zero-order valence-corrected chi connectivity index (χ0v) is 13.7. The van der Waals surface area contributed by atoms with Crippen molar-refractivity contribution in [1.29, 1.82) is 0 Å². The second-order valence-corrected chi connectivity index (χ2v) is 6.64. The lowest BCUT2D eigenvalue weighted by molar-refractivity contribution is 0.639. The van der Waals surface area contributed by atoms with Crippen LogP contribution in [0.2, 0.25) is 0 Å². The molecule has 0 saturated carbocycles. The minimum atomic E-state index is -0.0753. The second-order valence-electron chi connectivity index (χ2n) is 4.62. The topological polar surface area (TPSA) is 39.3 Å². The van der Waals surface area contributed by atoms with Crippen molar-refractivity contribution in [2.75, 3.05) is 5.75 Å². The summed E-state index contributed by atoms with van der Waals surface area (Å²) in [5.41, 5.74) is 1.89. The molecule has 0 unspecified atom stereocenters. The van der Waals surface area contributed by atoms with E-state index < -0.39 is 0 Å². The average Bonchev–Trinajstić information content (AvgIpc) is 2.81. The zero-order valence-electron chi connectivity index (χ0n) is 11.3. The number of nitrogens with zero attached hydrogens (tertiary/aromatic N) is 3. The lowest BCUT2D eigenvalue weighted by Gasteiger charge is -2.02. The summed E-state index contributed by atoms with van der Waals surface area (Å²) in [6, 6.07) is 13.8. The van der Waals surface area contributed by atoms with E-state index in [0.717, 1.165) is 16.0 Å². The highest BCUT2D eigenvalue weighted by Gasteiger charge is 2.05. The maximum Gasteiger partial charge on any atom is 0.350 e. The number of benzene rings is 1. The van der Waals surface area contributed by atoms with Gasteiger partial charge in [0.25, 0.3) is 0 Å². The molecule has 108 valence electrons. The zero-order chi connectivity index (χ0) is 14.7. The highest BCUT2D eigenvalue weighted by Crippen LogP contribution is 2.17. The van der Waals surface area contributed by atoms with Crippen molar-refractivity contribution >= 4 is 33.3 Å². The van der Waals surface area contributed by atoms with Crippen molar-refractivity contribution in [3.63, 3.8) is 0 Å². The Labute approximate surface area is 134 Å².